The van der Waals surface area contributed by atoms with Gasteiger partial charge in [-0.1, -0.05) is 26.2 Å². The van der Waals surface area contributed by atoms with E-state index in [1.54, 1.807) is 18.3 Å². The lowest BCUT2D eigenvalue weighted by molar-refractivity contribution is 0.0921. The third kappa shape index (κ3) is 3.77. The molecule has 0 radical (unpaired) electrons. The van der Waals surface area contributed by atoms with Crippen LogP contribution in [-0.2, 0) is 6.54 Å². The van der Waals surface area contributed by atoms with E-state index in [1.807, 2.05) is 0 Å². The Morgan fingerprint density at radius 2 is 2.21 bits per heavy atom. The van der Waals surface area contributed by atoms with Gasteiger partial charge in [-0.3, -0.25) is 9.78 Å². The summed E-state index contributed by atoms with van der Waals surface area (Å²) in [6.07, 6.45) is 7.70. The number of pyridine rings is 1. The fourth-order valence-electron chi connectivity index (χ4n) is 2.69. The second-order valence-corrected chi connectivity index (χ2v) is 5.44. The van der Waals surface area contributed by atoms with Crippen LogP contribution < -0.4 is 11.1 Å². The summed E-state index contributed by atoms with van der Waals surface area (Å²) in [4.78, 5) is 16.4. The van der Waals surface area contributed by atoms with Crippen LogP contribution in [0.1, 0.15) is 55.1 Å². The highest BCUT2D eigenvalue weighted by atomic mass is 16.1. The predicted octanol–water partition coefficient (Wildman–Crippen LogP) is 2.24. The van der Waals surface area contributed by atoms with Gasteiger partial charge >= 0.3 is 0 Å². The summed E-state index contributed by atoms with van der Waals surface area (Å²) >= 11 is 0. The van der Waals surface area contributed by atoms with E-state index in [1.165, 1.54) is 25.7 Å². The number of nitrogens with one attached hydrogen (secondary N) is 1. The van der Waals surface area contributed by atoms with Crippen molar-refractivity contribution in [3.8, 4) is 0 Å². The Balaban J connectivity index is 2.02. The summed E-state index contributed by atoms with van der Waals surface area (Å²) in [5.74, 6) is 0.554. The molecule has 1 aromatic rings. The number of aromatic nitrogens is 1. The number of nitrogens with two attached hydrogens (primary N) is 1. The summed E-state index contributed by atoms with van der Waals surface area (Å²) in [7, 11) is 0. The maximum atomic E-state index is 12.3. The molecule has 4 heteroatoms. The monoisotopic (exact) mass is 261 g/mol. The maximum Gasteiger partial charge on any atom is 0.251 e. The molecule has 1 saturated carbocycles. The number of hydrogen-bond acceptors (Lipinski definition) is 3. The summed E-state index contributed by atoms with van der Waals surface area (Å²) in [5.41, 5.74) is 6.96. The second-order valence-electron chi connectivity index (χ2n) is 5.44. The first-order valence-corrected chi connectivity index (χ1v) is 7.16. The Hall–Kier alpha value is -1.42. The van der Waals surface area contributed by atoms with Crippen LogP contribution in [0.3, 0.4) is 0 Å². The van der Waals surface area contributed by atoms with Crippen LogP contribution in [0.15, 0.2) is 18.3 Å². The standard InChI is InChI=1S/C15H23N3O/c1-11-5-3-2-4-6-14(11)18-15(19)12-7-8-17-13(9-12)10-16/h7-9,11,14H,2-6,10,16H2,1H3,(H,18,19). The van der Waals surface area contributed by atoms with Crippen LogP contribution in [0.4, 0.5) is 0 Å². The van der Waals surface area contributed by atoms with E-state index in [9.17, 15) is 4.79 Å². The van der Waals surface area contributed by atoms with Crippen molar-refractivity contribution in [3.63, 3.8) is 0 Å². The molecule has 0 aromatic carbocycles. The largest absolute Gasteiger partial charge is 0.349 e. The van der Waals surface area contributed by atoms with Crippen molar-refractivity contribution in [1.82, 2.24) is 10.3 Å². The van der Waals surface area contributed by atoms with Gasteiger partial charge in [-0.05, 0) is 30.9 Å². The van der Waals surface area contributed by atoms with Gasteiger partial charge in [-0.2, -0.15) is 0 Å². The number of amides is 1. The lowest BCUT2D eigenvalue weighted by Gasteiger charge is -2.22. The SMILES string of the molecule is CC1CCCCCC1NC(=O)c1ccnc(CN)c1. The highest BCUT2D eigenvalue weighted by Gasteiger charge is 2.22. The first-order valence-electron chi connectivity index (χ1n) is 7.16. The van der Waals surface area contributed by atoms with Gasteiger partial charge < -0.3 is 11.1 Å². The zero-order valence-corrected chi connectivity index (χ0v) is 11.6. The van der Waals surface area contributed by atoms with E-state index in [4.69, 9.17) is 5.73 Å². The van der Waals surface area contributed by atoms with Gasteiger partial charge in [0, 0.05) is 24.3 Å². The topological polar surface area (TPSA) is 68.0 Å². The normalized spacial score (nSPS) is 23.7. The van der Waals surface area contributed by atoms with Crippen molar-refractivity contribution < 1.29 is 4.79 Å². The van der Waals surface area contributed by atoms with E-state index in [0.717, 1.165) is 12.1 Å². The van der Waals surface area contributed by atoms with Crippen LogP contribution in [0.2, 0.25) is 0 Å². The van der Waals surface area contributed by atoms with Crippen molar-refractivity contribution in [1.29, 1.82) is 0 Å². The minimum absolute atomic E-state index is 0.00384. The zero-order valence-electron chi connectivity index (χ0n) is 11.6. The van der Waals surface area contributed by atoms with Crippen LogP contribution in [0.25, 0.3) is 0 Å². The molecule has 4 nitrogen and oxygen atoms in total. The van der Waals surface area contributed by atoms with Crippen molar-refractivity contribution in [2.24, 2.45) is 11.7 Å². The molecule has 0 aliphatic heterocycles. The van der Waals surface area contributed by atoms with E-state index in [-0.39, 0.29) is 5.91 Å². The quantitative estimate of drug-likeness (QED) is 0.820. The number of rotatable bonds is 3. The second kappa shape index (κ2) is 6.66. The Morgan fingerprint density at radius 3 is 3.00 bits per heavy atom. The van der Waals surface area contributed by atoms with Gasteiger partial charge in [0.05, 0.1) is 5.69 Å². The average molecular weight is 261 g/mol. The van der Waals surface area contributed by atoms with Gasteiger partial charge in [-0.15, -0.1) is 0 Å². The van der Waals surface area contributed by atoms with Gasteiger partial charge in [0.25, 0.3) is 5.91 Å². The van der Waals surface area contributed by atoms with Crippen molar-refractivity contribution in [2.45, 2.75) is 51.6 Å². The highest BCUT2D eigenvalue weighted by Crippen LogP contribution is 2.23. The molecule has 2 rings (SSSR count). The number of nitrogens with zero attached hydrogens (tertiary/aromatic N) is 1. The Bertz CT molecular complexity index is 433. The van der Waals surface area contributed by atoms with Crippen molar-refractivity contribution in [3.05, 3.63) is 29.6 Å². The Morgan fingerprint density at radius 1 is 1.42 bits per heavy atom. The lowest BCUT2D eigenvalue weighted by Crippen LogP contribution is -2.38. The minimum Gasteiger partial charge on any atom is -0.349 e. The molecule has 1 heterocycles. The molecule has 1 aliphatic rings. The fraction of sp³-hybridized carbons (Fsp3) is 0.600. The summed E-state index contributed by atoms with van der Waals surface area (Å²) in [6.45, 7) is 2.59. The Kier molecular flexibility index (Phi) is 4.91. The summed E-state index contributed by atoms with van der Waals surface area (Å²) in [5, 5.41) is 3.17. The highest BCUT2D eigenvalue weighted by molar-refractivity contribution is 5.94. The molecule has 0 bridgehead atoms. The molecular formula is C15H23N3O. The molecular weight excluding hydrogens is 238 g/mol. The molecule has 3 N–H and O–H groups in total. The molecule has 104 valence electrons. The van der Waals surface area contributed by atoms with E-state index in [0.29, 0.717) is 24.1 Å². The van der Waals surface area contributed by atoms with Crippen LogP contribution in [0, 0.1) is 5.92 Å². The molecule has 1 fully saturated rings. The van der Waals surface area contributed by atoms with Gasteiger partial charge in [-0.25, -0.2) is 0 Å². The van der Waals surface area contributed by atoms with Crippen molar-refractivity contribution >= 4 is 5.91 Å². The minimum atomic E-state index is -0.00384. The van der Waals surface area contributed by atoms with Crippen LogP contribution in [-0.4, -0.2) is 16.9 Å². The smallest absolute Gasteiger partial charge is 0.251 e. The van der Waals surface area contributed by atoms with Crippen LogP contribution in [0.5, 0.6) is 0 Å². The third-order valence-corrected chi connectivity index (χ3v) is 3.97. The van der Waals surface area contributed by atoms with E-state index < -0.39 is 0 Å². The number of carbonyl (C=O) groups is 1. The van der Waals surface area contributed by atoms with Gasteiger partial charge in [0.15, 0.2) is 0 Å². The van der Waals surface area contributed by atoms with Gasteiger partial charge in [0.2, 0.25) is 0 Å². The number of carbonyl (C=O) groups excluding carboxylic acids is 1. The Labute approximate surface area is 114 Å². The molecule has 0 spiro atoms. The molecule has 2 unspecified atom stereocenters. The van der Waals surface area contributed by atoms with E-state index >= 15 is 0 Å². The maximum absolute atomic E-state index is 12.3. The molecule has 2 atom stereocenters. The average Bonchev–Trinajstić information content (AvgIpc) is 2.64. The molecule has 0 saturated heterocycles. The molecule has 19 heavy (non-hydrogen) atoms. The summed E-state index contributed by atoms with van der Waals surface area (Å²) < 4.78 is 0. The predicted molar refractivity (Wildman–Crippen MR) is 75.6 cm³/mol. The summed E-state index contributed by atoms with van der Waals surface area (Å²) in [6, 6.07) is 3.82. The van der Waals surface area contributed by atoms with Gasteiger partial charge in [0.1, 0.15) is 0 Å². The van der Waals surface area contributed by atoms with Crippen molar-refractivity contribution in [2.75, 3.05) is 0 Å². The molecule has 1 amide bonds. The third-order valence-electron chi connectivity index (χ3n) is 3.97. The first kappa shape index (κ1) is 14.0. The zero-order chi connectivity index (χ0) is 13.7. The van der Waals surface area contributed by atoms with E-state index in [2.05, 4.69) is 17.2 Å². The molecule has 1 aliphatic carbocycles. The molecule has 1 aromatic heterocycles. The number of hydrogen-bond donors (Lipinski definition) is 2. The van der Waals surface area contributed by atoms with Crippen LogP contribution >= 0.6 is 0 Å². The first-order chi connectivity index (χ1) is 9.20. The fourth-order valence-corrected chi connectivity index (χ4v) is 2.69. The lowest BCUT2D eigenvalue weighted by atomic mass is 9.96.